The maximum Gasteiger partial charge on any atom is 2.00 e. The third-order valence-corrected chi connectivity index (χ3v) is 4.35. The molecule has 0 aliphatic heterocycles. The monoisotopic (exact) mass is 623 g/mol. The average molecular weight is 623 g/mol. The van der Waals surface area contributed by atoms with Crippen molar-refractivity contribution >= 4 is 24.4 Å². The molecule has 0 unspecified atom stereocenters. The Morgan fingerprint density at radius 2 is 1.02 bits per heavy atom. The summed E-state index contributed by atoms with van der Waals surface area (Å²) < 4.78 is 77.2. The summed E-state index contributed by atoms with van der Waals surface area (Å²) in [6.45, 7) is 4.97. The summed E-state index contributed by atoms with van der Waals surface area (Å²) in [5.41, 5.74) is -1.80. The van der Waals surface area contributed by atoms with Gasteiger partial charge < -0.3 is 30.0 Å². The second kappa shape index (κ2) is 17.2. The number of phenolic OH excluding ortho intramolecular Hbond substituents is 2. The van der Waals surface area contributed by atoms with Crippen LogP contribution in [0.2, 0.25) is 0 Å². The minimum absolute atomic E-state index is 0. The Morgan fingerprint density at radius 1 is 0.750 bits per heavy atom. The number of hydrogen-bond donors (Lipinski definition) is 2. The van der Waals surface area contributed by atoms with E-state index in [9.17, 15) is 36.6 Å². The SMILES string of the molecule is CC(=O)[O-].CC(=O)[O-].Cc1cc(C(F)(F)F)cc(C=NCCCN=Cc2cc(C(F)(F)F)cc(C)c2O)c1O.[Co+2]. The molecule has 40 heavy (non-hydrogen) atoms. The number of aromatic hydroxyl groups is 2. The number of aryl methyl sites for hydroxylation is 2. The Balaban J connectivity index is 0. The number of carbonyl (C=O) groups is 2. The van der Waals surface area contributed by atoms with E-state index >= 15 is 0 Å². The summed E-state index contributed by atoms with van der Waals surface area (Å²) in [5, 5.41) is 37.6. The van der Waals surface area contributed by atoms with E-state index in [4.69, 9.17) is 19.8 Å². The minimum atomic E-state index is -4.55. The van der Waals surface area contributed by atoms with Gasteiger partial charge in [0, 0.05) is 48.6 Å². The molecule has 0 aromatic heterocycles. The topological polar surface area (TPSA) is 145 Å². The Hall–Kier alpha value is -3.59. The standard InChI is InChI=1S/C21H20F6N2O2.2C2H4O2.Co/c1-12-6-16(20(22,23)24)8-14(18(12)30)10-28-4-3-5-29-11-15-9-17(21(25,26)27)7-13(2)19(15)31;2*1-2(3)4;/h6-11,30-31H,3-5H2,1-2H3;2*1H3,(H,3,4);/q;;;+2/p-2. The Labute approximate surface area is 236 Å². The van der Waals surface area contributed by atoms with Crippen LogP contribution in [-0.2, 0) is 38.7 Å². The third-order valence-electron chi connectivity index (χ3n) is 4.35. The van der Waals surface area contributed by atoms with Crippen molar-refractivity contribution in [2.45, 2.75) is 46.5 Å². The van der Waals surface area contributed by atoms with Crippen LogP contribution in [0.4, 0.5) is 26.3 Å². The zero-order chi connectivity index (χ0) is 30.6. The molecule has 2 aromatic rings. The van der Waals surface area contributed by atoms with Gasteiger partial charge in [0.2, 0.25) is 0 Å². The van der Waals surface area contributed by atoms with E-state index in [1.807, 2.05) is 0 Å². The molecule has 0 bridgehead atoms. The number of benzene rings is 2. The normalized spacial score (nSPS) is 11.2. The molecule has 1 radical (unpaired) electrons. The maximum absolute atomic E-state index is 12.9. The molecule has 0 aliphatic carbocycles. The van der Waals surface area contributed by atoms with Crippen LogP contribution < -0.4 is 10.2 Å². The van der Waals surface area contributed by atoms with E-state index in [1.165, 1.54) is 13.8 Å². The number of carboxylic acid groups (broad SMARTS) is 2. The molecule has 0 fully saturated rings. The van der Waals surface area contributed by atoms with Gasteiger partial charge in [0.15, 0.2) is 0 Å². The summed E-state index contributed by atoms with van der Waals surface area (Å²) in [7, 11) is 0. The molecule has 15 heteroatoms. The fourth-order valence-corrected chi connectivity index (χ4v) is 2.72. The zero-order valence-electron chi connectivity index (χ0n) is 21.6. The minimum Gasteiger partial charge on any atom is -0.550 e. The number of hydrogen-bond acceptors (Lipinski definition) is 8. The largest absolute Gasteiger partial charge is 2.00 e. The smallest absolute Gasteiger partial charge is 0.550 e. The van der Waals surface area contributed by atoms with Crippen LogP contribution in [0.1, 0.15) is 53.6 Å². The van der Waals surface area contributed by atoms with E-state index in [0.29, 0.717) is 6.42 Å². The Bertz CT molecular complexity index is 1100. The second-order valence-electron chi connectivity index (χ2n) is 7.86. The quantitative estimate of drug-likeness (QED) is 0.287. The molecule has 2 aromatic carbocycles. The van der Waals surface area contributed by atoms with E-state index in [1.54, 1.807) is 0 Å². The third kappa shape index (κ3) is 15.1. The van der Waals surface area contributed by atoms with Crippen molar-refractivity contribution in [2.24, 2.45) is 9.98 Å². The van der Waals surface area contributed by atoms with Gasteiger partial charge in [0.1, 0.15) is 11.5 Å². The fourth-order valence-electron chi connectivity index (χ4n) is 2.72. The predicted molar refractivity (Wildman–Crippen MR) is 127 cm³/mol. The van der Waals surface area contributed by atoms with Gasteiger partial charge in [-0.3, -0.25) is 9.98 Å². The van der Waals surface area contributed by atoms with E-state index in [2.05, 4.69) is 9.98 Å². The van der Waals surface area contributed by atoms with Crippen LogP contribution in [0.3, 0.4) is 0 Å². The van der Waals surface area contributed by atoms with Crippen LogP contribution in [-0.4, -0.2) is 47.7 Å². The predicted octanol–water partition coefficient (Wildman–Crippen LogP) is 3.19. The van der Waals surface area contributed by atoms with Crippen LogP contribution in [0.15, 0.2) is 34.3 Å². The molecule has 0 saturated carbocycles. The molecule has 0 spiro atoms. The summed E-state index contributed by atoms with van der Waals surface area (Å²) in [5.74, 6) is -2.77. The van der Waals surface area contributed by atoms with Crippen molar-refractivity contribution in [1.82, 2.24) is 0 Å². The number of carbonyl (C=O) groups excluding carboxylic acids is 2. The Morgan fingerprint density at radius 3 is 1.27 bits per heavy atom. The van der Waals surface area contributed by atoms with Gasteiger partial charge in [-0.05, 0) is 69.5 Å². The van der Waals surface area contributed by atoms with Crippen molar-refractivity contribution < 1.29 is 73.1 Å². The maximum atomic E-state index is 12.9. The molecule has 0 saturated heterocycles. The van der Waals surface area contributed by atoms with Crippen molar-refractivity contribution in [3.8, 4) is 11.5 Å². The number of alkyl halides is 6. The van der Waals surface area contributed by atoms with Gasteiger partial charge in [-0.1, -0.05) is 0 Å². The molecule has 2 rings (SSSR count). The van der Waals surface area contributed by atoms with Crippen molar-refractivity contribution in [1.29, 1.82) is 0 Å². The number of nitrogens with zero attached hydrogens (tertiary/aromatic N) is 2. The summed E-state index contributed by atoms with van der Waals surface area (Å²) in [4.78, 5) is 25.7. The number of halogens is 6. The van der Waals surface area contributed by atoms with Crippen molar-refractivity contribution in [2.75, 3.05) is 13.1 Å². The zero-order valence-corrected chi connectivity index (χ0v) is 22.6. The Kier molecular flexibility index (Phi) is 16.6. The fraction of sp³-hybridized carbons (Fsp3) is 0.360. The first-order chi connectivity index (χ1) is 17.8. The van der Waals surface area contributed by atoms with Gasteiger partial charge >= 0.3 is 29.1 Å². The van der Waals surface area contributed by atoms with E-state index in [0.717, 1.165) is 50.5 Å². The number of phenols is 2. The van der Waals surface area contributed by atoms with Crippen molar-refractivity contribution in [3.63, 3.8) is 0 Å². The number of rotatable bonds is 6. The van der Waals surface area contributed by atoms with Gasteiger partial charge in [-0.15, -0.1) is 0 Å². The van der Waals surface area contributed by atoms with E-state index in [-0.39, 0.29) is 63.6 Å². The van der Waals surface area contributed by atoms with Crippen LogP contribution in [0, 0.1) is 13.8 Å². The molecule has 0 heterocycles. The molecule has 8 nitrogen and oxygen atoms in total. The van der Waals surface area contributed by atoms with Gasteiger partial charge in [0.25, 0.3) is 0 Å². The second-order valence-corrected chi connectivity index (χ2v) is 7.86. The van der Waals surface area contributed by atoms with Crippen LogP contribution in [0.5, 0.6) is 11.5 Å². The number of aliphatic imine (C=N–C) groups is 2. The van der Waals surface area contributed by atoms with E-state index < -0.39 is 35.4 Å². The summed E-state index contributed by atoms with van der Waals surface area (Å²) in [6, 6.07) is 3.27. The molecule has 2 N–H and O–H groups in total. The summed E-state index contributed by atoms with van der Waals surface area (Å²) >= 11 is 0. The molecular weight excluding hydrogens is 597 g/mol. The van der Waals surface area contributed by atoms with Crippen LogP contribution in [0.25, 0.3) is 0 Å². The molecule has 0 atom stereocenters. The van der Waals surface area contributed by atoms with Gasteiger partial charge in [-0.25, -0.2) is 0 Å². The molecule has 0 amide bonds. The first kappa shape index (κ1) is 38.6. The first-order valence-corrected chi connectivity index (χ1v) is 10.9. The number of carboxylic acids is 2. The first-order valence-electron chi connectivity index (χ1n) is 10.9. The molecular formula is C25H26CoF6N2O6. The summed E-state index contributed by atoms with van der Waals surface area (Å²) in [6.07, 6.45) is -6.50. The van der Waals surface area contributed by atoms with Crippen LogP contribution >= 0.6 is 0 Å². The molecule has 223 valence electrons. The van der Waals surface area contributed by atoms with Gasteiger partial charge in [0.05, 0.1) is 11.1 Å². The number of aliphatic carboxylic acids is 2. The van der Waals surface area contributed by atoms with Crippen molar-refractivity contribution in [3.05, 3.63) is 57.6 Å². The average Bonchev–Trinajstić information content (AvgIpc) is 2.76. The van der Waals surface area contributed by atoms with Gasteiger partial charge in [-0.2, -0.15) is 26.3 Å². The molecule has 0 aliphatic rings.